The van der Waals surface area contributed by atoms with E-state index in [1.807, 2.05) is 12.4 Å². The van der Waals surface area contributed by atoms with Crippen LogP contribution >= 0.6 is 0 Å². The van der Waals surface area contributed by atoms with Gasteiger partial charge in [0.2, 0.25) is 0 Å². The predicted molar refractivity (Wildman–Crippen MR) is 63.0 cm³/mol. The van der Waals surface area contributed by atoms with E-state index in [0.29, 0.717) is 12.5 Å². The fraction of sp³-hybridized carbons (Fsp3) is 0.750. The van der Waals surface area contributed by atoms with E-state index in [9.17, 15) is 5.11 Å². The lowest BCUT2D eigenvalue weighted by atomic mass is 10.2. The van der Waals surface area contributed by atoms with Gasteiger partial charge in [0.05, 0.1) is 12.6 Å². The van der Waals surface area contributed by atoms with Gasteiger partial charge in [0, 0.05) is 25.5 Å². The maximum Gasteiger partial charge on any atom is 0.122 e. The predicted octanol–water partition coefficient (Wildman–Crippen LogP) is 1.15. The number of aryl methyl sites for hydroxylation is 1. The number of aromatic nitrogens is 2. The van der Waals surface area contributed by atoms with Crippen LogP contribution < -0.4 is 5.32 Å². The SMILES string of the molecule is CCCn1ccnc1CNCC(O)C1CC1. The maximum absolute atomic E-state index is 9.70. The van der Waals surface area contributed by atoms with Gasteiger partial charge in [-0.1, -0.05) is 6.92 Å². The van der Waals surface area contributed by atoms with Gasteiger partial charge in [-0.3, -0.25) is 0 Å². The van der Waals surface area contributed by atoms with Gasteiger partial charge in [-0.25, -0.2) is 4.98 Å². The van der Waals surface area contributed by atoms with Gasteiger partial charge < -0.3 is 15.0 Å². The zero-order chi connectivity index (χ0) is 11.4. The smallest absolute Gasteiger partial charge is 0.122 e. The van der Waals surface area contributed by atoms with Gasteiger partial charge in [-0.05, 0) is 25.2 Å². The van der Waals surface area contributed by atoms with E-state index in [1.54, 1.807) is 0 Å². The monoisotopic (exact) mass is 223 g/mol. The number of aliphatic hydroxyl groups is 1. The van der Waals surface area contributed by atoms with E-state index >= 15 is 0 Å². The Morgan fingerprint density at radius 3 is 3.12 bits per heavy atom. The van der Waals surface area contributed by atoms with Crippen LogP contribution in [0.5, 0.6) is 0 Å². The van der Waals surface area contributed by atoms with Crippen LogP contribution in [0.4, 0.5) is 0 Å². The summed E-state index contributed by atoms with van der Waals surface area (Å²) in [5, 5.41) is 13.0. The lowest BCUT2D eigenvalue weighted by molar-refractivity contribution is 0.148. The number of hydrogen-bond donors (Lipinski definition) is 2. The van der Waals surface area contributed by atoms with Gasteiger partial charge >= 0.3 is 0 Å². The van der Waals surface area contributed by atoms with Crippen molar-refractivity contribution in [1.29, 1.82) is 0 Å². The molecular weight excluding hydrogens is 202 g/mol. The van der Waals surface area contributed by atoms with Crippen molar-refractivity contribution < 1.29 is 5.11 Å². The van der Waals surface area contributed by atoms with Gasteiger partial charge in [-0.15, -0.1) is 0 Å². The summed E-state index contributed by atoms with van der Waals surface area (Å²) in [4.78, 5) is 4.31. The van der Waals surface area contributed by atoms with Gasteiger partial charge in [0.15, 0.2) is 0 Å². The molecule has 1 unspecified atom stereocenters. The Morgan fingerprint density at radius 1 is 1.62 bits per heavy atom. The largest absolute Gasteiger partial charge is 0.392 e. The molecule has 0 spiro atoms. The number of nitrogens with zero attached hydrogens (tertiary/aromatic N) is 2. The van der Waals surface area contributed by atoms with Crippen LogP contribution in [0.15, 0.2) is 12.4 Å². The first kappa shape index (κ1) is 11.6. The number of rotatable bonds is 7. The van der Waals surface area contributed by atoms with Crippen molar-refractivity contribution in [3.8, 4) is 0 Å². The number of hydrogen-bond acceptors (Lipinski definition) is 3. The molecular formula is C12H21N3O. The lowest BCUT2D eigenvalue weighted by Crippen LogP contribution is -2.28. The molecule has 4 heteroatoms. The van der Waals surface area contributed by atoms with Crippen LogP contribution in [0.1, 0.15) is 32.0 Å². The van der Waals surface area contributed by atoms with Crippen LogP contribution in [0.2, 0.25) is 0 Å². The average Bonchev–Trinajstić information content (AvgIpc) is 3.03. The standard InChI is InChI=1S/C12H21N3O/c1-2-6-15-7-5-14-12(15)9-13-8-11(16)10-3-4-10/h5,7,10-11,13,16H,2-4,6,8-9H2,1H3. The quantitative estimate of drug-likeness (QED) is 0.729. The third-order valence-electron chi connectivity index (χ3n) is 3.07. The molecule has 0 aliphatic heterocycles. The fourth-order valence-electron chi connectivity index (χ4n) is 1.93. The highest BCUT2D eigenvalue weighted by molar-refractivity contribution is 4.92. The van der Waals surface area contributed by atoms with Crippen LogP contribution in [0.25, 0.3) is 0 Å². The summed E-state index contributed by atoms with van der Waals surface area (Å²) in [6.07, 6.45) is 7.17. The van der Waals surface area contributed by atoms with Crippen LogP contribution in [-0.4, -0.2) is 27.3 Å². The Morgan fingerprint density at radius 2 is 2.44 bits per heavy atom. The van der Waals surface area contributed by atoms with Crippen molar-refractivity contribution in [2.45, 2.75) is 45.4 Å². The second kappa shape index (κ2) is 5.46. The van der Waals surface area contributed by atoms with Crippen molar-refractivity contribution in [3.05, 3.63) is 18.2 Å². The third kappa shape index (κ3) is 3.06. The van der Waals surface area contributed by atoms with Crippen LogP contribution in [0, 0.1) is 5.92 Å². The van der Waals surface area contributed by atoms with E-state index in [0.717, 1.165) is 25.3 Å². The van der Waals surface area contributed by atoms with E-state index in [4.69, 9.17) is 0 Å². The zero-order valence-corrected chi connectivity index (χ0v) is 9.89. The molecule has 1 fully saturated rings. The van der Waals surface area contributed by atoms with E-state index in [1.165, 1.54) is 12.8 Å². The summed E-state index contributed by atoms with van der Waals surface area (Å²) in [6.45, 7) is 4.61. The molecule has 1 aromatic rings. The average molecular weight is 223 g/mol. The van der Waals surface area contributed by atoms with Gasteiger partial charge in [-0.2, -0.15) is 0 Å². The van der Waals surface area contributed by atoms with Crippen molar-refractivity contribution in [3.63, 3.8) is 0 Å². The summed E-state index contributed by atoms with van der Waals surface area (Å²) in [7, 11) is 0. The fourth-order valence-corrected chi connectivity index (χ4v) is 1.93. The van der Waals surface area contributed by atoms with Gasteiger partial charge in [0.1, 0.15) is 5.82 Å². The molecule has 1 aliphatic rings. The second-order valence-electron chi connectivity index (χ2n) is 4.57. The molecule has 0 amide bonds. The molecule has 2 N–H and O–H groups in total. The zero-order valence-electron chi connectivity index (χ0n) is 9.89. The van der Waals surface area contributed by atoms with Crippen LogP contribution in [0.3, 0.4) is 0 Å². The normalized spacial score (nSPS) is 17.6. The first-order valence-electron chi connectivity index (χ1n) is 6.20. The van der Waals surface area contributed by atoms with E-state index < -0.39 is 0 Å². The van der Waals surface area contributed by atoms with Gasteiger partial charge in [0.25, 0.3) is 0 Å². The number of imidazole rings is 1. The van der Waals surface area contributed by atoms with Crippen LogP contribution in [-0.2, 0) is 13.1 Å². The summed E-state index contributed by atoms with van der Waals surface area (Å²) < 4.78 is 2.16. The molecule has 1 aromatic heterocycles. The molecule has 1 atom stereocenters. The van der Waals surface area contributed by atoms with Crippen molar-refractivity contribution >= 4 is 0 Å². The van der Waals surface area contributed by atoms with E-state index in [2.05, 4.69) is 21.8 Å². The Labute approximate surface area is 96.7 Å². The minimum atomic E-state index is -0.172. The molecule has 1 saturated carbocycles. The molecule has 0 bridgehead atoms. The molecule has 90 valence electrons. The third-order valence-corrected chi connectivity index (χ3v) is 3.07. The molecule has 1 aliphatic carbocycles. The lowest BCUT2D eigenvalue weighted by Gasteiger charge is -2.11. The van der Waals surface area contributed by atoms with E-state index in [-0.39, 0.29) is 6.10 Å². The highest BCUT2D eigenvalue weighted by Crippen LogP contribution is 2.32. The Bertz CT molecular complexity index is 320. The first-order valence-corrected chi connectivity index (χ1v) is 6.20. The summed E-state index contributed by atoms with van der Waals surface area (Å²) >= 11 is 0. The molecule has 1 heterocycles. The molecule has 0 radical (unpaired) electrons. The minimum Gasteiger partial charge on any atom is -0.392 e. The molecule has 4 nitrogen and oxygen atoms in total. The second-order valence-corrected chi connectivity index (χ2v) is 4.57. The Hall–Kier alpha value is -0.870. The topological polar surface area (TPSA) is 50.1 Å². The Kier molecular flexibility index (Phi) is 3.96. The highest BCUT2D eigenvalue weighted by atomic mass is 16.3. The number of aliphatic hydroxyl groups excluding tert-OH is 1. The van der Waals surface area contributed by atoms with Crippen molar-refractivity contribution in [2.24, 2.45) is 5.92 Å². The molecule has 16 heavy (non-hydrogen) atoms. The summed E-state index contributed by atoms with van der Waals surface area (Å²) in [6, 6.07) is 0. The molecule has 0 aromatic carbocycles. The van der Waals surface area contributed by atoms with Crippen molar-refractivity contribution in [2.75, 3.05) is 6.54 Å². The Balaban J connectivity index is 1.73. The number of nitrogens with one attached hydrogen (secondary N) is 1. The maximum atomic E-state index is 9.70. The highest BCUT2D eigenvalue weighted by Gasteiger charge is 2.29. The first-order chi connectivity index (χ1) is 7.81. The summed E-state index contributed by atoms with van der Waals surface area (Å²) in [5.41, 5.74) is 0. The minimum absolute atomic E-state index is 0.172. The van der Waals surface area contributed by atoms with Crippen molar-refractivity contribution in [1.82, 2.24) is 14.9 Å². The molecule has 2 rings (SSSR count). The summed E-state index contributed by atoms with van der Waals surface area (Å²) in [5.74, 6) is 1.60. The molecule has 0 saturated heterocycles.